The molecule has 3 heterocycles. The molecule has 0 saturated carbocycles. The van der Waals surface area contributed by atoms with Gasteiger partial charge >= 0.3 is 6.03 Å². The molecule has 1 unspecified atom stereocenters. The van der Waals surface area contributed by atoms with Gasteiger partial charge < -0.3 is 19.3 Å². The van der Waals surface area contributed by atoms with Crippen molar-refractivity contribution in [2.45, 2.75) is 26.4 Å². The van der Waals surface area contributed by atoms with Gasteiger partial charge in [0.15, 0.2) is 5.82 Å². The maximum atomic E-state index is 12.4. The summed E-state index contributed by atoms with van der Waals surface area (Å²) in [4.78, 5) is 16.5. The predicted molar refractivity (Wildman–Crippen MR) is 86.0 cm³/mol. The van der Waals surface area contributed by atoms with E-state index in [0.717, 1.165) is 36.9 Å². The second-order valence-corrected chi connectivity index (χ2v) is 6.16. The molecule has 3 rings (SSSR count). The molecule has 1 N–H and O–H groups in total. The topological polar surface area (TPSA) is 92.3 Å². The van der Waals surface area contributed by atoms with Crippen LogP contribution in [0.15, 0.2) is 16.9 Å². The minimum absolute atomic E-state index is 0.0672. The number of rotatable bonds is 4. The molecule has 0 aromatic carbocycles. The lowest BCUT2D eigenvalue weighted by molar-refractivity contribution is 0.131. The van der Waals surface area contributed by atoms with Gasteiger partial charge in [0.25, 0.3) is 0 Å². The van der Waals surface area contributed by atoms with Crippen molar-refractivity contribution in [3.63, 3.8) is 0 Å². The van der Waals surface area contributed by atoms with E-state index in [1.807, 2.05) is 36.4 Å². The summed E-state index contributed by atoms with van der Waals surface area (Å²) in [5.74, 6) is 1.56. The quantitative estimate of drug-likeness (QED) is 0.885. The van der Waals surface area contributed by atoms with E-state index in [-0.39, 0.29) is 12.1 Å². The van der Waals surface area contributed by atoms with Crippen LogP contribution in [-0.2, 0) is 13.6 Å². The number of aryl methyl sites for hydroxylation is 2. The van der Waals surface area contributed by atoms with Gasteiger partial charge in [0.1, 0.15) is 12.1 Å². The number of nitrogens with one attached hydrogen (secondary N) is 1. The monoisotopic (exact) mass is 333 g/mol. The van der Waals surface area contributed by atoms with Gasteiger partial charge in [0.2, 0.25) is 0 Å². The molecule has 130 valence electrons. The van der Waals surface area contributed by atoms with E-state index in [1.54, 1.807) is 6.33 Å². The number of piperazine rings is 1. The fourth-order valence-electron chi connectivity index (χ4n) is 2.86. The van der Waals surface area contributed by atoms with E-state index < -0.39 is 0 Å². The van der Waals surface area contributed by atoms with Crippen LogP contribution in [-0.4, -0.2) is 61.9 Å². The van der Waals surface area contributed by atoms with Crippen molar-refractivity contribution in [1.29, 1.82) is 0 Å². The third kappa shape index (κ3) is 3.73. The molecule has 9 heteroatoms. The average molecular weight is 333 g/mol. The number of hydrogen-bond acceptors (Lipinski definition) is 6. The number of carbonyl (C=O) groups is 1. The minimum atomic E-state index is -0.180. The van der Waals surface area contributed by atoms with Crippen LogP contribution >= 0.6 is 0 Å². The Morgan fingerprint density at radius 1 is 1.38 bits per heavy atom. The third-order valence-electron chi connectivity index (χ3n) is 4.20. The molecular weight excluding hydrogens is 310 g/mol. The SMILES string of the molecule is Cc1cc(CN2CCN(C(=O)NC(C)c3nncn3C)CC2)no1. The van der Waals surface area contributed by atoms with Crippen molar-refractivity contribution in [1.82, 2.24) is 35.0 Å². The maximum Gasteiger partial charge on any atom is 0.318 e. The van der Waals surface area contributed by atoms with Crippen LogP contribution in [0.3, 0.4) is 0 Å². The second-order valence-electron chi connectivity index (χ2n) is 6.16. The van der Waals surface area contributed by atoms with E-state index >= 15 is 0 Å². The van der Waals surface area contributed by atoms with E-state index in [4.69, 9.17) is 4.52 Å². The fraction of sp³-hybridized carbons (Fsp3) is 0.600. The molecule has 1 atom stereocenters. The molecule has 0 radical (unpaired) electrons. The standard InChI is InChI=1S/C15H23N7O2/c1-11-8-13(19-24-11)9-21-4-6-22(7-5-21)15(23)17-12(2)14-18-16-10-20(14)3/h8,10,12H,4-7,9H2,1-3H3,(H,17,23). The first-order chi connectivity index (χ1) is 11.5. The highest BCUT2D eigenvalue weighted by molar-refractivity contribution is 5.74. The summed E-state index contributed by atoms with van der Waals surface area (Å²) in [6, 6.07) is 1.70. The summed E-state index contributed by atoms with van der Waals surface area (Å²) >= 11 is 0. The van der Waals surface area contributed by atoms with Crippen LogP contribution in [0.4, 0.5) is 4.79 Å². The van der Waals surface area contributed by atoms with Gasteiger partial charge in [-0.25, -0.2) is 4.79 Å². The molecule has 2 amide bonds. The van der Waals surface area contributed by atoms with Crippen LogP contribution in [0.2, 0.25) is 0 Å². The van der Waals surface area contributed by atoms with Crippen molar-refractivity contribution in [2.75, 3.05) is 26.2 Å². The van der Waals surface area contributed by atoms with Crippen LogP contribution in [0.1, 0.15) is 30.2 Å². The fourth-order valence-corrected chi connectivity index (χ4v) is 2.86. The van der Waals surface area contributed by atoms with Gasteiger partial charge in [0.05, 0.1) is 11.7 Å². The van der Waals surface area contributed by atoms with Crippen molar-refractivity contribution >= 4 is 6.03 Å². The Hall–Kier alpha value is -2.42. The Morgan fingerprint density at radius 3 is 2.71 bits per heavy atom. The van der Waals surface area contributed by atoms with Crippen LogP contribution in [0, 0.1) is 6.92 Å². The Kier molecular flexibility index (Phi) is 4.79. The predicted octanol–water partition coefficient (Wildman–Crippen LogP) is 0.700. The normalized spacial score (nSPS) is 17.0. The van der Waals surface area contributed by atoms with Crippen LogP contribution < -0.4 is 5.32 Å². The Bertz CT molecular complexity index is 688. The van der Waals surface area contributed by atoms with E-state index in [9.17, 15) is 4.79 Å². The van der Waals surface area contributed by atoms with Crippen molar-refractivity contribution in [2.24, 2.45) is 7.05 Å². The largest absolute Gasteiger partial charge is 0.361 e. The Balaban J connectivity index is 1.47. The van der Waals surface area contributed by atoms with Crippen molar-refractivity contribution in [3.05, 3.63) is 29.7 Å². The zero-order valence-electron chi connectivity index (χ0n) is 14.3. The van der Waals surface area contributed by atoms with E-state index in [1.165, 1.54) is 0 Å². The first kappa shape index (κ1) is 16.4. The number of hydrogen-bond donors (Lipinski definition) is 1. The lowest BCUT2D eigenvalue weighted by atomic mass is 10.2. The summed E-state index contributed by atoms with van der Waals surface area (Å²) in [6.45, 7) is 7.56. The number of carbonyl (C=O) groups excluding carboxylic acids is 1. The smallest absolute Gasteiger partial charge is 0.318 e. The first-order valence-electron chi connectivity index (χ1n) is 8.07. The van der Waals surface area contributed by atoms with Crippen LogP contribution in [0.5, 0.6) is 0 Å². The zero-order chi connectivity index (χ0) is 17.1. The minimum Gasteiger partial charge on any atom is -0.361 e. The number of urea groups is 1. The first-order valence-corrected chi connectivity index (χ1v) is 8.07. The number of aromatic nitrogens is 4. The lowest BCUT2D eigenvalue weighted by Crippen LogP contribution is -2.51. The molecule has 0 aliphatic carbocycles. The van der Waals surface area contributed by atoms with E-state index in [0.29, 0.717) is 13.1 Å². The summed E-state index contributed by atoms with van der Waals surface area (Å²) in [5.41, 5.74) is 0.932. The highest BCUT2D eigenvalue weighted by atomic mass is 16.5. The number of amides is 2. The van der Waals surface area contributed by atoms with Gasteiger partial charge in [0, 0.05) is 45.8 Å². The molecule has 2 aromatic heterocycles. The van der Waals surface area contributed by atoms with Gasteiger partial charge in [-0.2, -0.15) is 0 Å². The van der Waals surface area contributed by atoms with Gasteiger partial charge in [-0.1, -0.05) is 5.16 Å². The highest BCUT2D eigenvalue weighted by Gasteiger charge is 2.24. The second kappa shape index (κ2) is 7.00. The van der Waals surface area contributed by atoms with Gasteiger partial charge in [-0.15, -0.1) is 10.2 Å². The summed E-state index contributed by atoms with van der Waals surface area (Å²) < 4.78 is 6.90. The maximum absolute atomic E-state index is 12.4. The Labute approximate surface area is 140 Å². The highest BCUT2D eigenvalue weighted by Crippen LogP contribution is 2.11. The summed E-state index contributed by atoms with van der Waals surface area (Å²) in [5, 5.41) is 14.9. The molecule has 1 fully saturated rings. The van der Waals surface area contributed by atoms with Crippen molar-refractivity contribution in [3.8, 4) is 0 Å². The molecule has 9 nitrogen and oxygen atoms in total. The number of nitrogens with zero attached hydrogens (tertiary/aromatic N) is 6. The Morgan fingerprint density at radius 2 is 2.12 bits per heavy atom. The molecule has 0 bridgehead atoms. The van der Waals surface area contributed by atoms with Crippen molar-refractivity contribution < 1.29 is 9.32 Å². The molecule has 24 heavy (non-hydrogen) atoms. The lowest BCUT2D eigenvalue weighted by Gasteiger charge is -2.34. The average Bonchev–Trinajstić information content (AvgIpc) is 3.16. The molecular formula is C15H23N7O2. The molecule has 1 aliphatic heterocycles. The summed E-state index contributed by atoms with van der Waals surface area (Å²) in [7, 11) is 1.86. The van der Waals surface area contributed by atoms with Gasteiger partial charge in [-0.3, -0.25) is 4.90 Å². The van der Waals surface area contributed by atoms with E-state index in [2.05, 4.69) is 25.6 Å². The molecule has 2 aromatic rings. The molecule has 0 spiro atoms. The molecule has 1 saturated heterocycles. The molecule has 1 aliphatic rings. The zero-order valence-corrected chi connectivity index (χ0v) is 14.3. The summed E-state index contributed by atoms with van der Waals surface area (Å²) in [6.07, 6.45) is 1.63. The van der Waals surface area contributed by atoms with Crippen LogP contribution in [0.25, 0.3) is 0 Å². The van der Waals surface area contributed by atoms with Gasteiger partial charge in [-0.05, 0) is 13.8 Å². The third-order valence-corrected chi connectivity index (χ3v) is 4.20.